The predicted molar refractivity (Wildman–Crippen MR) is 76.7 cm³/mol. The maximum absolute atomic E-state index is 11.0. The second-order valence-corrected chi connectivity index (χ2v) is 5.20. The Balaban J connectivity index is 1.95. The zero-order chi connectivity index (χ0) is 14.7. The van der Waals surface area contributed by atoms with E-state index in [1.54, 1.807) is 6.07 Å². The lowest BCUT2D eigenvalue weighted by Gasteiger charge is -2.28. The number of nitrogens with zero attached hydrogens (tertiary/aromatic N) is 1. The van der Waals surface area contributed by atoms with Crippen LogP contribution in [0.15, 0.2) is 17.3 Å². The molecule has 0 saturated carbocycles. The van der Waals surface area contributed by atoms with E-state index in [1.807, 2.05) is 6.07 Å². The van der Waals surface area contributed by atoms with Crippen LogP contribution in [0.25, 0.3) is 0 Å². The Morgan fingerprint density at radius 1 is 1.10 bits per heavy atom. The van der Waals surface area contributed by atoms with Crippen LogP contribution in [0.3, 0.4) is 0 Å². The van der Waals surface area contributed by atoms with Gasteiger partial charge in [0.1, 0.15) is 5.75 Å². The summed E-state index contributed by atoms with van der Waals surface area (Å²) in [4.78, 5) is 11.0. The summed E-state index contributed by atoms with van der Waals surface area (Å²) in [6.45, 7) is 4.05. The topological polar surface area (TPSA) is 92.2 Å². The third-order valence-electron chi connectivity index (χ3n) is 3.81. The Kier molecular flexibility index (Phi) is 4.45. The van der Waals surface area contributed by atoms with Gasteiger partial charge in [-0.3, -0.25) is 0 Å². The minimum atomic E-state index is -0.283. The highest BCUT2D eigenvalue weighted by molar-refractivity contribution is 5.60. The fourth-order valence-corrected chi connectivity index (χ4v) is 2.74. The molecule has 114 valence electrons. The molecule has 2 fully saturated rings. The van der Waals surface area contributed by atoms with Crippen molar-refractivity contribution in [2.75, 3.05) is 39.4 Å². The highest BCUT2D eigenvalue weighted by Gasteiger charge is 2.25. The molecule has 1 aromatic carbocycles. The van der Waals surface area contributed by atoms with E-state index in [-0.39, 0.29) is 23.6 Å². The number of benzene rings is 1. The standard InChI is InChI=1S/C14H19N3O4/c18-11-6-9(12-7-15-1-3-20-12)5-10(14(11)17-19)13-8-16-2-4-21-13/h5-6,12-13,15-16,18H,1-4,7-8H2. The van der Waals surface area contributed by atoms with Crippen molar-refractivity contribution >= 4 is 5.69 Å². The van der Waals surface area contributed by atoms with Gasteiger partial charge in [-0.25, -0.2) is 0 Å². The number of ether oxygens (including phenoxy) is 2. The normalized spacial score (nSPS) is 26.5. The molecule has 0 aliphatic carbocycles. The van der Waals surface area contributed by atoms with Crippen LogP contribution in [-0.4, -0.2) is 44.5 Å². The molecule has 7 heteroatoms. The van der Waals surface area contributed by atoms with Crippen LogP contribution in [-0.2, 0) is 9.47 Å². The molecule has 2 unspecified atom stereocenters. The smallest absolute Gasteiger partial charge is 0.155 e. The van der Waals surface area contributed by atoms with Crippen molar-refractivity contribution in [3.05, 3.63) is 28.2 Å². The largest absolute Gasteiger partial charge is 0.506 e. The van der Waals surface area contributed by atoms with Gasteiger partial charge in [-0.15, -0.1) is 4.91 Å². The van der Waals surface area contributed by atoms with Crippen molar-refractivity contribution in [1.29, 1.82) is 0 Å². The molecule has 0 radical (unpaired) electrons. The second kappa shape index (κ2) is 6.48. The number of phenolic OH excluding ortho intramolecular Hbond substituents is 1. The fraction of sp³-hybridized carbons (Fsp3) is 0.571. The van der Waals surface area contributed by atoms with Crippen molar-refractivity contribution < 1.29 is 14.6 Å². The summed E-state index contributed by atoms with van der Waals surface area (Å²) in [7, 11) is 0. The zero-order valence-corrected chi connectivity index (χ0v) is 11.7. The van der Waals surface area contributed by atoms with Crippen LogP contribution < -0.4 is 10.6 Å². The molecule has 1 aromatic rings. The lowest BCUT2D eigenvalue weighted by Crippen LogP contribution is -2.34. The lowest BCUT2D eigenvalue weighted by atomic mass is 9.98. The average molecular weight is 293 g/mol. The number of nitroso groups, excluding NO2 is 1. The first-order valence-electron chi connectivity index (χ1n) is 7.14. The van der Waals surface area contributed by atoms with E-state index in [4.69, 9.17) is 9.47 Å². The summed E-state index contributed by atoms with van der Waals surface area (Å²) in [5.74, 6) is -0.124. The molecule has 0 amide bonds. The Labute approximate surface area is 122 Å². The molecule has 0 bridgehead atoms. The number of rotatable bonds is 3. The molecular formula is C14H19N3O4. The highest BCUT2D eigenvalue weighted by atomic mass is 16.5. The van der Waals surface area contributed by atoms with Gasteiger partial charge in [0.05, 0.1) is 25.4 Å². The SMILES string of the molecule is O=Nc1c(O)cc(C2CNCCO2)cc1C1CNCCO1. The average Bonchev–Trinajstić information content (AvgIpc) is 2.55. The van der Waals surface area contributed by atoms with Crippen LogP contribution in [0.1, 0.15) is 23.3 Å². The number of hydrogen-bond donors (Lipinski definition) is 3. The fourth-order valence-electron chi connectivity index (χ4n) is 2.74. The predicted octanol–water partition coefficient (Wildman–Crippen LogP) is 1.11. The first kappa shape index (κ1) is 14.4. The van der Waals surface area contributed by atoms with Gasteiger partial charge in [-0.1, -0.05) is 0 Å². The maximum atomic E-state index is 11.0. The second-order valence-electron chi connectivity index (χ2n) is 5.20. The highest BCUT2D eigenvalue weighted by Crippen LogP contribution is 2.39. The minimum Gasteiger partial charge on any atom is -0.506 e. The molecule has 0 aromatic heterocycles. The van der Waals surface area contributed by atoms with Gasteiger partial charge in [0.2, 0.25) is 0 Å². The number of phenols is 1. The van der Waals surface area contributed by atoms with E-state index in [0.29, 0.717) is 31.9 Å². The molecular weight excluding hydrogens is 274 g/mol. The van der Waals surface area contributed by atoms with E-state index in [0.717, 1.165) is 18.7 Å². The van der Waals surface area contributed by atoms with Crippen LogP contribution >= 0.6 is 0 Å². The minimum absolute atomic E-state index is 0.0521. The molecule has 2 heterocycles. The number of nitrogens with one attached hydrogen (secondary N) is 2. The molecule has 2 atom stereocenters. The molecule has 3 rings (SSSR count). The third-order valence-corrected chi connectivity index (χ3v) is 3.81. The number of morpholine rings is 2. The van der Waals surface area contributed by atoms with Crippen LogP contribution in [0.5, 0.6) is 5.75 Å². The summed E-state index contributed by atoms with van der Waals surface area (Å²) in [6.07, 6.45) is -0.422. The Bertz CT molecular complexity index is 511. The molecule has 3 N–H and O–H groups in total. The van der Waals surface area contributed by atoms with Crippen molar-refractivity contribution in [2.45, 2.75) is 12.2 Å². The zero-order valence-electron chi connectivity index (χ0n) is 11.7. The van der Waals surface area contributed by atoms with E-state index in [9.17, 15) is 10.0 Å². The molecule has 2 aliphatic heterocycles. The van der Waals surface area contributed by atoms with Crippen molar-refractivity contribution in [3.8, 4) is 5.75 Å². The quantitative estimate of drug-likeness (QED) is 0.723. The molecule has 0 spiro atoms. The Morgan fingerprint density at radius 2 is 1.76 bits per heavy atom. The van der Waals surface area contributed by atoms with Gasteiger partial charge in [0, 0.05) is 31.7 Å². The first-order valence-corrected chi connectivity index (χ1v) is 7.14. The Morgan fingerprint density at radius 3 is 2.33 bits per heavy atom. The number of hydrogen-bond acceptors (Lipinski definition) is 7. The van der Waals surface area contributed by atoms with Gasteiger partial charge in [0.15, 0.2) is 5.69 Å². The van der Waals surface area contributed by atoms with E-state index >= 15 is 0 Å². The van der Waals surface area contributed by atoms with E-state index < -0.39 is 0 Å². The summed E-state index contributed by atoms with van der Waals surface area (Å²) < 4.78 is 11.4. The van der Waals surface area contributed by atoms with Gasteiger partial charge in [-0.2, -0.15) is 0 Å². The molecule has 7 nitrogen and oxygen atoms in total. The van der Waals surface area contributed by atoms with E-state index in [2.05, 4.69) is 15.8 Å². The van der Waals surface area contributed by atoms with Crippen molar-refractivity contribution in [3.63, 3.8) is 0 Å². The van der Waals surface area contributed by atoms with Gasteiger partial charge >= 0.3 is 0 Å². The van der Waals surface area contributed by atoms with Gasteiger partial charge in [0.25, 0.3) is 0 Å². The molecule has 2 aliphatic rings. The summed E-state index contributed by atoms with van der Waals surface area (Å²) in [5.41, 5.74) is 1.49. The third kappa shape index (κ3) is 3.06. The Hall–Kier alpha value is -1.54. The lowest BCUT2D eigenvalue weighted by molar-refractivity contribution is 0.0235. The first-order chi connectivity index (χ1) is 10.3. The maximum Gasteiger partial charge on any atom is 0.155 e. The van der Waals surface area contributed by atoms with Crippen molar-refractivity contribution in [1.82, 2.24) is 10.6 Å². The number of aromatic hydroxyl groups is 1. The molecule has 2 saturated heterocycles. The van der Waals surface area contributed by atoms with Crippen LogP contribution in [0, 0.1) is 4.91 Å². The van der Waals surface area contributed by atoms with Gasteiger partial charge < -0.3 is 25.2 Å². The monoisotopic (exact) mass is 293 g/mol. The van der Waals surface area contributed by atoms with Crippen LogP contribution in [0.4, 0.5) is 5.69 Å². The van der Waals surface area contributed by atoms with Crippen molar-refractivity contribution in [2.24, 2.45) is 5.18 Å². The summed E-state index contributed by atoms with van der Waals surface area (Å²) >= 11 is 0. The summed E-state index contributed by atoms with van der Waals surface area (Å²) in [5, 5.41) is 19.5. The van der Waals surface area contributed by atoms with Gasteiger partial charge in [-0.05, 0) is 22.9 Å². The van der Waals surface area contributed by atoms with E-state index in [1.165, 1.54) is 0 Å². The molecule has 21 heavy (non-hydrogen) atoms. The van der Waals surface area contributed by atoms with Crippen LogP contribution in [0.2, 0.25) is 0 Å². The summed E-state index contributed by atoms with van der Waals surface area (Å²) in [6, 6.07) is 3.40.